The lowest BCUT2D eigenvalue weighted by Gasteiger charge is -2.38. The molecule has 1 aliphatic carbocycles. The van der Waals surface area contributed by atoms with Crippen molar-refractivity contribution in [2.75, 3.05) is 38.2 Å². The summed E-state index contributed by atoms with van der Waals surface area (Å²) in [6.45, 7) is 4.33. The molecule has 10 nitrogen and oxygen atoms in total. The SMILES string of the molecule is COC1(C)CCN(c2cc(-n3ncc4c(=O)n(CC5(O)CCN(C(=O)C6CC6)CC5)cnc43)ccc2F)C1. The van der Waals surface area contributed by atoms with Gasteiger partial charge in [-0.05, 0) is 57.2 Å². The molecule has 1 aromatic carbocycles. The summed E-state index contributed by atoms with van der Waals surface area (Å²) in [6.07, 6.45) is 6.41. The maximum atomic E-state index is 14.8. The number of hydrogen-bond acceptors (Lipinski definition) is 7. The Labute approximate surface area is 219 Å². The second-order valence-corrected chi connectivity index (χ2v) is 11.3. The maximum absolute atomic E-state index is 14.8. The van der Waals surface area contributed by atoms with E-state index in [1.807, 2.05) is 16.7 Å². The first-order valence-electron chi connectivity index (χ1n) is 13.2. The molecule has 0 radical (unpaired) electrons. The number of nitrogens with zero attached hydrogens (tertiary/aromatic N) is 6. The Kier molecular flexibility index (Phi) is 6.03. The van der Waals surface area contributed by atoms with Crippen molar-refractivity contribution in [3.63, 3.8) is 0 Å². The van der Waals surface area contributed by atoms with Crippen LogP contribution in [0.25, 0.3) is 16.7 Å². The fourth-order valence-corrected chi connectivity index (χ4v) is 5.64. The van der Waals surface area contributed by atoms with E-state index < -0.39 is 5.60 Å². The number of carbonyl (C=O) groups excluding carboxylic acids is 1. The van der Waals surface area contributed by atoms with Gasteiger partial charge in [-0.2, -0.15) is 5.10 Å². The molecule has 1 amide bonds. The van der Waals surface area contributed by atoms with E-state index in [-0.39, 0.29) is 35.3 Å². The first-order valence-corrected chi connectivity index (χ1v) is 13.2. The van der Waals surface area contributed by atoms with Gasteiger partial charge in [0, 0.05) is 39.2 Å². The highest BCUT2D eigenvalue weighted by molar-refractivity contribution is 5.81. The fraction of sp³-hybridized carbons (Fsp3) is 0.556. The van der Waals surface area contributed by atoms with E-state index in [0.717, 1.165) is 19.3 Å². The third kappa shape index (κ3) is 4.47. The number of fused-ring (bicyclic) bond motifs is 1. The zero-order valence-electron chi connectivity index (χ0n) is 21.8. The third-order valence-corrected chi connectivity index (χ3v) is 8.40. The first-order chi connectivity index (χ1) is 18.2. The van der Waals surface area contributed by atoms with Crippen molar-refractivity contribution < 1.29 is 19.0 Å². The monoisotopic (exact) mass is 524 g/mol. The summed E-state index contributed by atoms with van der Waals surface area (Å²) < 4.78 is 23.3. The molecule has 1 unspecified atom stereocenters. The number of hydrogen-bond donors (Lipinski definition) is 1. The number of piperidine rings is 1. The number of aliphatic hydroxyl groups is 1. The van der Waals surface area contributed by atoms with E-state index in [1.54, 1.807) is 19.2 Å². The second-order valence-electron chi connectivity index (χ2n) is 11.3. The minimum Gasteiger partial charge on any atom is -0.388 e. The van der Waals surface area contributed by atoms with E-state index in [0.29, 0.717) is 61.4 Å². The number of amides is 1. The third-order valence-electron chi connectivity index (χ3n) is 8.40. The van der Waals surface area contributed by atoms with Gasteiger partial charge in [0.2, 0.25) is 5.91 Å². The maximum Gasteiger partial charge on any atom is 0.264 e. The molecule has 2 aromatic heterocycles. The number of halogens is 1. The summed E-state index contributed by atoms with van der Waals surface area (Å²) in [5, 5.41) is 15.9. The minimum absolute atomic E-state index is 0.0966. The van der Waals surface area contributed by atoms with Crippen LogP contribution in [0.1, 0.15) is 39.0 Å². The van der Waals surface area contributed by atoms with Crippen molar-refractivity contribution in [2.24, 2.45) is 5.92 Å². The molecule has 4 heterocycles. The normalized spacial score (nSPS) is 23.4. The van der Waals surface area contributed by atoms with Crippen LogP contribution >= 0.6 is 0 Å². The predicted octanol–water partition coefficient (Wildman–Crippen LogP) is 2.10. The first kappa shape index (κ1) is 25.0. The highest BCUT2D eigenvalue weighted by atomic mass is 19.1. The predicted molar refractivity (Wildman–Crippen MR) is 139 cm³/mol. The van der Waals surface area contributed by atoms with Crippen molar-refractivity contribution in [3.8, 4) is 5.69 Å². The zero-order chi connectivity index (χ0) is 26.7. The molecular weight excluding hydrogens is 491 g/mol. The van der Waals surface area contributed by atoms with Crippen molar-refractivity contribution in [1.29, 1.82) is 0 Å². The Balaban J connectivity index is 1.23. The van der Waals surface area contributed by atoms with Gasteiger partial charge >= 0.3 is 0 Å². The van der Waals surface area contributed by atoms with Gasteiger partial charge in [0.25, 0.3) is 5.56 Å². The number of benzene rings is 1. The molecule has 3 aromatic rings. The number of rotatable bonds is 6. The molecule has 202 valence electrons. The van der Waals surface area contributed by atoms with Gasteiger partial charge in [0.1, 0.15) is 17.5 Å². The Morgan fingerprint density at radius 3 is 2.66 bits per heavy atom. The molecule has 3 aliphatic rings. The largest absolute Gasteiger partial charge is 0.388 e. The highest BCUT2D eigenvalue weighted by Crippen LogP contribution is 2.34. The van der Waals surface area contributed by atoms with Crippen LogP contribution < -0.4 is 10.5 Å². The van der Waals surface area contributed by atoms with Crippen LogP contribution in [0.5, 0.6) is 0 Å². The molecule has 3 fully saturated rings. The number of carbonyl (C=O) groups is 1. The van der Waals surface area contributed by atoms with Gasteiger partial charge in [0.05, 0.1) is 35.3 Å². The summed E-state index contributed by atoms with van der Waals surface area (Å²) >= 11 is 0. The summed E-state index contributed by atoms with van der Waals surface area (Å²) in [7, 11) is 1.67. The van der Waals surface area contributed by atoms with Crippen molar-refractivity contribution in [3.05, 3.63) is 46.9 Å². The Morgan fingerprint density at radius 2 is 1.97 bits per heavy atom. The minimum atomic E-state index is -1.09. The average molecular weight is 525 g/mol. The van der Waals surface area contributed by atoms with Crippen LogP contribution in [0.4, 0.5) is 10.1 Å². The second kappa shape index (κ2) is 9.16. The Bertz CT molecular complexity index is 1440. The quantitative estimate of drug-likeness (QED) is 0.527. The molecule has 1 atom stereocenters. The van der Waals surface area contributed by atoms with E-state index in [1.165, 1.54) is 27.8 Å². The van der Waals surface area contributed by atoms with Gasteiger partial charge < -0.3 is 19.6 Å². The summed E-state index contributed by atoms with van der Waals surface area (Å²) in [4.78, 5) is 33.9. The fourth-order valence-electron chi connectivity index (χ4n) is 5.64. The van der Waals surface area contributed by atoms with Crippen LogP contribution in [0.15, 0.2) is 35.5 Å². The summed E-state index contributed by atoms with van der Waals surface area (Å²) in [5.41, 5.74) is -0.311. The molecule has 1 saturated carbocycles. The molecule has 6 rings (SSSR count). The molecule has 11 heteroatoms. The number of anilines is 1. The molecule has 1 N–H and O–H groups in total. The molecule has 38 heavy (non-hydrogen) atoms. The topological polar surface area (TPSA) is 106 Å². The van der Waals surface area contributed by atoms with E-state index in [9.17, 15) is 19.1 Å². The number of ether oxygens (including phenoxy) is 1. The molecule has 2 saturated heterocycles. The van der Waals surface area contributed by atoms with Gasteiger partial charge in [-0.15, -0.1) is 0 Å². The lowest BCUT2D eigenvalue weighted by Crippen LogP contribution is -2.50. The zero-order valence-corrected chi connectivity index (χ0v) is 21.8. The van der Waals surface area contributed by atoms with Crippen molar-refractivity contribution >= 4 is 22.6 Å². The number of methoxy groups -OCH3 is 1. The lowest BCUT2D eigenvalue weighted by molar-refractivity contribution is -0.137. The van der Waals surface area contributed by atoms with Crippen molar-refractivity contribution in [1.82, 2.24) is 24.2 Å². The lowest BCUT2D eigenvalue weighted by atomic mass is 9.91. The molecule has 2 aliphatic heterocycles. The van der Waals surface area contributed by atoms with Gasteiger partial charge in [-0.3, -0.25) is 14.2 Å². The van der Waals surface area contributed by atoms with Crippen LogP contribution in [-0.2, 0) is 16.1 Å². The van der Waals surface area contributed by atoms with E-state index in [4.69, 9.17) is 4.74 Å². The average Bonchev–Trinajstić information content (AvgIpc) is 3.55. The summed E-state index contributed by atoms with van der Waals surface area (Å²) in [5.74, 6) is 0.00478. The van der Waals surface area contributed by atoms with Crippen LogP contribution in [0, 0.1) is 11.7 Å². The van der Waals surface area contributed by atoms with Gasteiger partial charge in [-0.25, -0.2) is 14.1 Å². The molecule has 0 spiro atoms. The Morgan fingerprint density at radius 1 is 1.21 bits per heavy atom. The van der Waals surface area contributed by atoms with Gasteiger partial charge in [-0.1, -0.05) is 0 Å². The molecule has 0 bridgehead atoms. The number of aromatic nitrogens is 4. The van der Waals surface area contributed by atoms with Crippen LogP contribution in [-0.4, -0.2) is 79.7 Å². The smallest absolute Gasteiger partial charge is 0.264 e. The van der Waals surface area contributed by atoms with Gasteiger partial charge in [0.15, 0.2) is 5.65 Å². The molecular formula is C27H33FN6O4. The number of likely N-dealkylation sites (tertiary alicyclic amines) is 1. The highest BCUT2D eigenvalue weighted by Gasteiger charge is 2.39. The van der Waals surface area contributed by atoms with E-state index >= 15 is 0 Å². The summed E-state index contributed by atoms with van der Waals surface area (Å²) in [6, 6.07) is 4.73. The standard InChI is InChI=1S/C27H33FN6O4/c1-26(38-2)7-10-32(15-26)22-13-19(5-6-21(22)28)34-23-20(14-30-34)25(36)33(17-29-23)16-27(37)8-11-31(12-9-27)24(35)18-3-4-18/h5-6,13-14,17-18,37H,3-4,7-12,15-16H2,1-2H3. The van der Waals surface area contributed by atoms with Crippen molar-refractivity contribution in [2.45, 2.75) is 56.8 Å². The van der Waals surface area contributed by atoms with Crippen LogP contribution in [0.2, 0.25) is 0 Å². The Hall–Kier alpha value is -3.31. The van der Waals surface area contributed by atoms with Crippen LogP contribution in [0.3, 0.4) is 0 Å². The van der Waals surface area contributed by atoms with E-state index in [2.05, 4.69) is 10.1 Å².